The van der Waals surface area contributed by atoms with Gasteiger partial charge in [0, 0.05) is 18.6 Å². The lowest BCUT2D eigenvalue weighted by molar-refractivity contribution is -0.384. The summed E-state index contributed by atoms with van der Waals surface area (Å²) in [4.78, 5) is 31.8. The van der Waals surface area contributed by atoms with Gasteiger partial charge in [-0.05, 0) is 24.6 Å². The van der Waals surface area contributed by atoms with Gasteiger partial charge in [0.2, 0.25) is 0 Å². The van der Waals surface area contributed by atoms with E-state index in [1.54, 1.807) is 0 Å². The van der Waals surface area contributed by atoms with Crippen LogP contribution in [0.25, 0.3) is 0 Å². The van der Waals surface area contributed by atoms with Gasteiger partial charge in [-0.2, -0.15) is 0 Å². The Morgan fingerprint density at radius 1 is 1.22 bits per heavy atom. The number of carbonyl (C=O) groups is 2. The highest BCUT2D eigenvalue weighted by Crippen LogP contribution is 2.12. The Morgan fingerprint density at radius 3 is 2.33 bits per heavy atom. The van der Waals surface area contributed by atoms with E-state index >= 15 is 0 Å². The van der Waals surface area contributed by atoms with E-state index in [0.717, 1.165) is 0 Å². The summed E-state index contributed by atoms with van der Waals surface area (Å²) >= 11 is 0. The third-order valence-electron chi connectivity index (χ3n) is 2.23. The number of Topliss-reactive ketones (excluding diaryl/α,β-unsaturated/α-hetero) is 1. The van der Waals surface area contributed by atoms with Gasteiger partial charge in [0.1, 0.15) is 12.4 Å². The van der Waals surface area contributed by atoms with E-state index in [2.05, 4.69) is 0 Å². The lowest BCUT2D eigenvalue weighted by atomic mass is 10.2. The van der Waals surface area contributed by atoms with Crippen LogP contribution in [0, 0.1) is 10.1 Å². The van der Waals surface area contributed by atoms with E-state index in [1.807, 2.05) is 0 Å². The highest BCUT2D eigenvalue weighted by atomic mass is 16.6. The first-order valence-corrected chi connectivity index (χ1v) is 5.37. The Morgan fingerprint density at radius 2 is 1.83 bits per heavy atom. The molecule has 0 aliphatic heterocycles. The van der Waals surface area contributed by atoms with E-state index in [1.165, 1.54) is 31.2 Å². The van der Waals surface area contributed by atoms with Crippen molar-refractivity contribution >= 4 is 17.4 Å². The zero-order chi connectivity index (χ0) is 13.5. The van der Waals surface area contributed by atoms with Crippen LogP contribution in [-0.4, -0.2) is 16.7 Å². The van der Waals surface area contributed by atoms with Crippen LogP contribution in [0.4, 0.5) is 5.69 Å². The number of nitrogens with zero attached hydrogens (tertiary/aromatic N) is 1. The molecule has 0 amide bonds. The molecular weight excluding hydrogens is 238 g/mol. The van der Waals surface area contributed by atoms with Crippen molar-refractivity contribution in [3.8, 4) is 0 Å². The number of non-ortho nitro benzene ring substituents is 1. The number of hydrogen-bond acceptors (Lipinski definition) is 5. The number of ether oxygens (including phenoxy) is 1. The van der Waals surface area contributed by atoms with E-state index in [0.29, 0.717) is 5.56 Å². The Labute approximate surface area is 104 Å². The molecule has 0 N–H and O–H groups in total. The maximum atomic E-state index is 11.2. The van der Waals surface area contributed by atoms with E-state index in [-0.39, 0.29) is 30.9 Å². The molecule has 0 aromatic heterocycles. The number of benzene rings is 1. The molecule has 0 atom stereocenters. The quantitative estimate of drug-likeness (QED) is 0.438. The molecular formula is C12H13NO5. The minimum absolute atomic E-state index is 0.0124. The smallest absolute Gasteiger partial charge is 0.306 e. The molecule has 18 heavy (non-hydrogen) atoms. The van der Waals surface area contributed by atoms with Gasteiger partial charge < -0.3 is 9.53 Å². The van der Waals surface area contributed by atoms with Crippen molar-refractivity contribution in [2.75, 3.05) is 0 Å². The Kier molecular flexibility index (Phi) is 4.98. The molecule has 1 aromatic carbocycles. The highest BCUT2D eigenvalue weighted by molar-refractivity contribution is 5.80. The van der Waals surface area contributed by atoms with Crippen LogP contribution in [0.15, 0.2) is 24.3 Å². The third kappa shape index (κ3) is 4.73. The van der Waals surface area contributed by atoms with Crippen LogP contribution in [-0.2, 0) is 20.9 Å². The number of ketones is 1. The Bertz CT molecular complexity index is 452. The van der Waals surface area contributed by atoms with Gasteiger partial charge in [-0.3, -0.25) is 14.9 Å². The summed E-state index contributed by atoms with van der Waals surface area (Å²) < 4.78 is 4.92. The predicted octanol–water partition coefficient (Wildman–Crippen LogP) is 2.01. The summed E-state index contributed by atoms with van der Waals surface area (Å²) in [5.41, 5.74) is 0.651. The van der Waals surface area contributed by atoms with Gasteiger partial charge in [0.05, 0.1) is 11.3 Å². The predicted molar refractivity (Wildman–Crippen MR) is 62.8 cm³/mol. The molecule has 6 heteroatoms. The summed E-state index contributed by atoms with van der Waals surface area (Å²) in [6, 6.07) is 5.74. The Balaban J connectivity index is 2.41. The molecule has 0 aliphatic carbocycles. The fraction of sp³-hybridized carbons (Fsp3) is 0.333. The Hall–Kier alpha value is -2.24. The first kappa shape index (κ1) is 13.8. The summed E-state index contributed by atoms with van der Waals surface area (Å²) in [6.45, 7) is 1.46. The SMILES string of the molecule is CC(=O)CCC(=O)OCc1ccc([N+](=O)[O-])cc1. The minimum atomic E-state index is -0.497. The second-order valence-electron chi connectivity index (χ2n) is 3.79. The van der Waals surface area contributed by atoms with Gasteiger partial charge in [0.25, 0.3) is 5.69 Å². The van der Waals surface area contributed by atoms with Crippen molar-refractivity contribution in [2.24, 2.45) is 0 Å². The normalized spacial score (nSPS) is 9.83. The lowest BCUT2D eigenvalue weighted by Gasteiger charge is -2.03. The molecule has 0 unspecified atom stereocenters. The second-order valence-corrected chi connectivity index (χ2v) is 3.79. The molecule has 0 radical (unpaired) electrons. The summed E-state index contributed by atoms with van der Waals surface area (Å²) in [7, 11) is 0. The zero-order valence-corrected chi connectivity index (χ0v) is 9.92. The molecule has 1 rings (SSSR count). The van der Waals surface area contributed by atoms with Gasteiger partial charge in [-0.25, -0.2) is 0 Å². The number of nitro groups is 1. The standard InChI is InChI=1S/C12H13NO5/c1-9(14)2-7-12(15)18-8-10-3-5-11(6-4-10)13(16)17/h3-6H,2,7-8H2,1H3. The minimum Gasteiger partial charge on any atom is -0.461 e. The number of rotatable bonds is 6. The van der Waals surface area contributed by atoms with Gasteiger partial charge in [-0.15, -0.1) is 0 Å². The average Bonchev–Trinajstić information content (AvgIpc) is 2.34. The molecule has 0 spiro atoms. The summed E-state index contributed by atoms with van der Waals surface area (Å²) in [5, 5.41) is 10.4. The molecule has 0 saturated heterocycles. The number of hydrogen-bond donors (Lipinski definition) is 0. The molecule has 0 aliphatic rings. The molecule has 1 aromatic rings. The van der Waals surface area contributed by atoms with Crippen LogP contribution < -0.4 is 0 Å². The largest absolute Gasteiger partial charge is 0.461 e. The molecule has 0 heterocycles. The second kappa shape index (κ2) is 6.48. The van der Waals surface area contributed by atoms with Crippen LogP contribution >= 0.6 is 0 Å². The monoisotopic (exact) mass is 251 g/mol. The van der Waals surface area contributed by atoms with E-state index in [4.69, 9.17) is 4.74 Å². The molecule has 0 fully saturated rings. The fourth-order valence-electron chi connectivity index (χ4n) is 1.23. The molecule has 6 nitrogen and oxygen atoms in total. The van der Waals surface area contributed by atoms with Crippen molar-refractivity contribution in [3.63, 3.8) is 0 Å². The van der Waals surface area contributed by atoms with Crippen molar-refractivity contribution < 1.29 is 19.2 Å². The van der Waals surface area contributed by atoms with Crippen LogP contribution in [0.2, 0.25) is 0 Å². The van der Waals surface area contributed by atoms with Crippen LogP contribution in [0.1, 0.15) is 25.3 Å². The first-order valence-electron chi connectivity index (χ1n) is 5.37. The van der Waals surface area contributed by atoms with Crippen LogP contribution in [0.5, 0.6) is 0 Å². The lowest BCUT2D eigenvalue weighted by Crippen LogP contribution is -2.06. The van der Waals surface area contributed by atoms with Gasteiger partial charge >= 0.3 is 5.97 Å². The van der Waals surface area contributed by atoms with Crippen molar-refractivity contribution in [2.45, 2.75) is 26.4 Å². The summed E-state index contributed by atoms with van der Waals surface area (Å²) in [6.07, 6.45) is 0.224. The number of nitro benzene ring substituents is 1. The molecule has 0 saturated carbocycles. The van der Waals surface area contributed by atoms with E-state index in [9.17, 15) is 19.7 Å². The maximum Gasteiger partial charge on any atom is 0.306 e. The average molecular weight is 251 g/mol. The van der Waals surface area contributed by atoms with Gasteiger partial charge in [-0.1, -0.05) is 0 Å². The maximum absolute atomic E-state index is 11.2. The van der Waals surface area contributed by atoms with Crippen LogP contribution in [0.3, 0.4) is 0 Å². The van der Waals surface area contributed by atoms with Gasteiger partial charge in [0.15, 0.2) is 0 Å². The van der Waals surface area contributed by atoms with Crippen molar-refractivity contribution in [3.05, 3.63) is 39.9 Å². The zero-order valence-electron chi connectivity index (χ0n) is 9.92. The highest BCUT2D eigenvalue weighted by Gasteiger charge is 2.07. The van der Waals surface area contributed by atoms with E-state index < -0.39 is 10.9 Å². The summed E-state index contributed by atoms with van der Waals surface area (Å²) in [5.74, 6) is -0.522. The van der Waals surface area contributed by atoms with Crippen molar-refractivity contribution in [1.29, 1.82) is 0 Å². The molecule has 96 valence electrons. The first-order chi connectivity index (χ1) is 8.49. The number of esters is 1. The van der Waals surface area contributed by atoms with Crippen molar-refractivity contribution in [1.82, 2.24) is 0 Å². The topological polar surface area (TPSA) is 86.5 Å². The molecule has 0 bridgehead atoms. The third-order valence-corrected chi connectivity index (χ3v) is 2.23. The fourth-order valence-corrected chi connectivity index (χ4v) is 1.23. The number of carbonyl (C=O) groups excluding carboxylic acids is 2.